The summed E-state index contributed by atoms with van der Waals surface area (Å²) < 4.78 is 76.7. The molecule has 0 radical (unpaired) electrons. The van der Waals surface area contributed by atoms with Crippen molar-refractivity contribution in [3.8, 4) is 0 Å². The van der Waals surface area contributed by atoms with Gasteiger partial charge in [-0.1, -0.05) is 0 Å². The number of rotatable bonds is 4. The Morgan fingerprint density at radius 3 is 2.63 bits per heavy atom. The molecule has 0 aliphatic carbocycles. The molecule has 0 saturated carbocycles. The van der Waals surface area contributed by atoms with Crippen molar-refractivity contribution in [3.05, 3.63) is 28.7 Å². The minimum Gasteiger partial charge on any atom is -0.387 e. The Bertz CT molecular complexity index is 1930. The number of fused-ring (bicyclic) bond motifs is 6. The number of aliphatic hydroxyl groups is 1. The van der Waals surface area contributed by atoms with Crippen LogP contribution in [0.2, 0.25) is 0 Å². The molecular formula is C25H32FN9O12P2. The van der Waals surface area contributed by atoms with E-state index in [1.54, 1.807) is 0 Å². The van der Waals surface area contributed by atoms with Crippen molar-refractivity contribution >= 4 is 50.5 Å². The number of H-pyrrole nitrogens is 1. The van der Waals surface area contributed by atoms with Crippen molar-refractivity contribution in [3.63, 3.8) is 0 Å². The minimum absolute atomic E-state index is 0.0118. The van der Waals surface area contributed by atoms with E-state index in [9.17, 15) is 28.8 Å². The standard InChI is InChI=1S/C25H32FN9O12P2/c1-9-18-17(36)20(24(44-18)35-8-32-16-21(27)30-7-31-22(16)35)47-48(38,39)42-6-12-13(26)19(46-49(40,41)45-9)11(43-12)3-2-10-4-5-29-15-14(10)33-25(28)34-23(15)37/h5,7-13,17-20,24,36H,2-4,6H2,1H3,(H,38,39)(H,40,41)(H2,27,30,31)(H3,28,33,34,37)/t9-,10?,11-,12+,13+,17+,18+,19-,20+,24+/m0/s1. The maximum Gasteiger partial charge on any atom is 0.473 e. The Hall–Kier alpha value is -3.27. The van der Waals surface area contributed by atoms with Crippen LogP contribution in [0.3, 0.4) is 0 Å². The number of imidazole rings is 1. The highest BCUT2D eigenvalue weighted by atomic mass is 31.2. The molecule has 12 atom stereocenters. The summed E-state index contributed by atoms with van der Waals surface area (Å²) in [5.41, 5.74) is 11.7. The van der Waals surface area contributed by atoms with E-state index in [2.05, 4.69) is 29.9 Å². The first-order valence-corrected chi connectivity index (χ1v) is 18.0. The van der Waals surface area contributed by atoms with E-state index in [4.69, 9.17) is 39.0 Å². The predicted molar refractivity (Wildman–Crippen MR) is 163 cm³/mol. The number of aromatic nitrogens is 6. The fraction of sp³-hybridized carbons (Fsp3) is 0.600. The molecule has 24 heteroatoms. The average molecular weight is 732 g/mol. The number of phosphoric ester groups is 2. The summed E-state index contributed by atoms with van der Waals surface area (Å²) in [6.07, 6.45) is -9.90. The van der Waals surface area contributed by atoms with Crippen LogP contribution < -0.4 is 17.0 Å². The highest BCUT2D eigenvalue weighted by molar-refractivity contribution is 7.47. The van der Waals surface area contributed by atoms with Gasteiger partial charge in [-0.2, -0.15) is 0 Å². The summed E-state index contributed by atoms with van der Waals surface area (Å²) in [4.78, 5) is 56.6. The molecule has 8 N–H and O–H groups in total. The van der Waals surface area contributed by atoms with Crippen LogP contribution in [0.1, 0.15) is 44.0 Å². The third kappa shape index (κ3) is 6.54. The second-order valence-electron chi connectivity index (χ2n) is 11.9. The molecule has 266 valence electrons. The smallest absolute Gasteiger partial charge is 0.387 e. The lowest BCUT2D eigenvalue weighted by molar-refractivity contribution is -0.0817. The fourth-order valence-electron chi connectivity index (χ4n) is 6.46. The summed E-state index contributed by atoms with van der Waals surface area (Å²) in [6, 6.07) is 0. The minimum atomic E-state index is -5.12. The van der Waals surface area contributed by atoms with Crippen molar-refractivity contribution in [1.82, 2.24) is 29.5 Å². The average Bonchev–Trinajstić information content (AvgIpc) is 3.68. The molecule has 0 spiro atoms. The molecule has 49 heavy (non-hydrogen) atoms. The number of aliphatic imine (C=N–C) groups is 1. The number of alkyl halides is 1. The number of aromatic amines is 1. The first-order valence-electron chi connectivity index (χ1n) is 15.0. The van der Waals surface area contributed by atoms with Crippen LogP contribution in [0.25, 0.3) is 11.2 Å². The molecule has 0 amide bonds. The van der Waals surface area contributed by atoms with Gasteiger partial charge in [0.1, 0.15) is 48.1 Å². The number of nitrogens with one attached hydrogen (secondary N) is 1. The highest BCUT2D eigenvalue weighted by Gasteiger charge is 2.55. The Labute approximate surface area is 275 Å². The Morgan fingerprint density at radius 2 is 1.84 bits per heavy atom. The molecule has 3 aromatic heterocycles. The number of hydrogen-bond acceptors (Lipinski definition) is 17. The quantitative estimate of drug-likeness (QED) is 0.199. The van der Waals surface area contributed by atoms with Crippen LogP contribution >= 0.6 is 15.6 Å². The molecule has 3 aromatic rings. The van der Waals surface area contributed by atoms with Crippen LogP contribution in [0.5, 0.6) is 0 Å². The lowest BCUT2D eigenvalue weighted by atomic mass is 9.91. The Morgan fingerprint density at radius 1 is 1.06 bits per heavy atom. The van der Waals surface area contributed by atoms with Gasteiger partial charge in [0, 0.05) is 12.1 Å². The van der Waals surface area contributed by atoms with Crippen LogP contribution in [-0.4, -0.2) is 106 Å². The van der Waals surface area contributed by atoms with Crippen molar-refractivity contribution in [2.24, 2.45) is 4.99 Å². The van der Waals surface area contributed by atoms with Gasteiger partial charge < -0.3 is 35.8 Å². The normalized spacial score (nSPS) is 39.5. The zero-order valence-corrected chi connectivity index (χ0v) is 27.2. The number of nitrogens with two attached hydrogens (primary N) is 2. The lowest BCUT2D eigenvalue weighted by Crippen LogP contribution is -2.40. The molecule has 3 fully saturated rings. The van der Waals surface area contributed by atoms with E-state index in [-0.39, 0.29) is 41.5 Å². The van der Waals surface area contributed by atoms with Gasteiger partial charge in [-0.15, -0.1) is 0 Å². The molecule has 4 aliphatic heterocycles. The van der Waals surface area contributed by atoms with Crippen LogP contribution in [0.4, 0.5) is 21.8 Å². The monoisotopic (exact) mass is 731 g/mol. The number of aliphatic hydroxyl groups excluding tert-OH is 1. The van der Waals surface area contributed by atoms with Crippen molar-refractivity contribution in [2.75, 3.05) is 18.1 Å². The molecule has 7 heterocycles. The predicted octanol–water partition coefficient (Wildman–Crippen LogP) is 0.514. The molecule has 4 bridgehead atoms. The summed E-state index contributed by atoms with van der Waals surface area (Å²) in [6.45, 7) is 0.410. The number of halogens is 1. The van der Waals surface area contributed by atoms with Gasteiger partial charge in [0.15, 0.2) is 23.9 Å². The van der Waals surface area contributed by atoms with Crippen molar-refractivity contribution in [1.29, 1.82) is 0 Å². The summed E-state index contributed by atoms with van der Waals surface area (Å²) >= 11 is 0. The van der Waals surface area contributed by atoms with Gasteiger partial charge >= 0.3 is 15.6 Å². The van der Waals surface area contributed by atoms with Gasteiger partial charge in [-0.25, -0.2) is 33.5 Å². The maximum atomic E-state index is 15.9. The highest BCUT2D eigenvalue weighted by Crippen LogP contribution is 2.54. The Balaban J connectivity index is 1.15. The van der Waals surface area contributed by atoms with Crippen LogP contribution in [0.15, 0.2) is 22.4 Å². The van der Waals surface area contributed by atoms with Gasteiger partial charge in [-0.3, -0.25) is 37.4 Å². The van der Waals surface area contributed by atoms with Crippen LogP contribution in [0, 0.1) is 0 Å². The second-order valence-corrected chi connectivity index (χ2v) is 14.7. The molecule has 3 unspecified atom stereocenters. The topological polar surface area (TPSA) is 304 Å². The fourth-order valence-corrected chi connectivity index (χ4v) is 8.54. The second kappa shape index (κ2) is 12.8. The lowest BCUT2D eigenvalue weighted by Gasteiger charge is -2.28. The van der Waals surface area contributed by atoms with Gasteiger partial charge in [0.25, 0.3) is 5.56 Å². The number of hydrogen-bond donors (Lipinski definition) is 6. The third-order valence-electron chi connectivity index (χ3n) is 8.71. The largest absolute Gasteiger partial charge is 0.473 e. The van der Waals surface area contributed by atoms with Crippen molar-refractivity contribution in [2.45, 2.75) is 87.2 Å². The molecule has 7 rings (SSSR count). The molecule has 0 aromatic carbocycles. The maximum absolute atomic E-state index is 15.9. The summed E-state index contributed by atoms with van der Waals surface area (Å²) in [7, 11) is -10.2. The first-order chi connectivity index (χ1) is 23.2. The first kappa shape index (κ1) is 34.2. The zero-order valence-electron chi connectivity index (χ0n) is 25.5. The number of ether oxygens (including phenoxy) is 2. The molecular weight excluding hydrogens is 699 g/mol. The molecule has 21 nitrogen and oxygen atoms in total. The molecule has 3 saturated heterocycles. The van der Waals surface area contributed by atoms with Gasteiger partial charge in [-0.05, 0) is 26.2 Å². The zero-order chi connectivity index (χ0) is 34.8. The van der Waals surface area contributed by atoms with E-state index < -0.39 is 88.9 Å². The van der Waals surface area contributed by atoms with Gasteiger partial charge in [0.05, 0.1) is 30.8 Å². The summed E-state index contributed by atoms with van der Waals surface area (Å²) in [5.74, 6) is -0.495. The summed E-state index contributed by atoms with van der Waals surface area (Å²) in [5, 5.41) is 11.2. The van der Waals surface area contributed by atoms with E-state index >= 15 is 4.39 Å². The number of phosphoric acid groups is 2. The van der Waals surface area contributed by atoms with E-state index in [1.165, 1.54) is 24.0 Å². The van der Waals surface area contributed by atoms with Gasteiger partial charge in [0.2, 0.25) is 5.95 Å². The van der Waals surface area contributed by atoms with E-state index in [0.29, 0.717) is 12.1 Å². The number of anilines is 2. The number of nitrogen functional groups attached to an aromatic ring is 2. The SMILES string of the molecule is C[C@@H]1OP(=O)(O)O[C@@H]2[C@H](F)[C@@H](COP(=O)(O)O[C@@H]3[C@H](O)[C@@H]1O[C@H]3n1cnc3c(N)ncnc31)O[C@H]2CCC1CC=Nc2c1nc(N)[nH]c2=O. The molecule has 4 aliphatic rings. The van der Waals surface area contributed by atoms with E-state index in [1.807, 2.05) is 0 Å². The Kier molecular flexibility index (Phi) is 8.94. The number of nitrogens with zero attached hydrogens (tertiary/aromatic N) is 6. The third-order valence-corrected chi connectivity index (χ3v) is 10.8. The van der Waals surface area contributed by atoms with Crippen LogP contribution in [-0.2, 0) is 36.7 Å². The van der Waals surface area contributed by atoms with Crippen molar-refractivity contribution < 1.29 is 56.0 Å². The van der Waals surface area contributed by atoms with E-state index in [0.717, 1.165) is 6.33 Å².